The maximum atomic E-state index is 12.8. The van der Waals surface area contributed by atoms with Gasteiger partial charge in [-0.2, -0.15) is 0 Å². The molecule has 0 aromatic rings. The molecule has 0 heterocycles. The zero-order valence-electron chi connectivity index (χ0n) is 45.8. The number of ether oxygens (including phenoxy) is 3. The summed E-state index contributed by atoms with van der Waals surface area (Å²) in [6, 6.07) is 0. The summed E-state index contributed by atoms with van der Waals surface area (Å²) in [6.07, 6.45) is 77.0. The Bertz CT molecular complexity index is 1400. The first-order valence-electron chi connectivity index (χ1n) is 29.2. The molecule has 0 rings (SSSR count). The molecule has 0 aliphatic carbocycles. The van der Waals surface area contributed by atoms with Crippen molar-refractivity contribution in [2.24, 2.45) is 0 Å². The summed E-state index contributed by atoms with van der Waals surface area (Å²) >= 11 is 0. The van der Waals surface area contributed by atoms with Gasteiger partial charge in [0.25, 0.3) is 0 Å². The van der Waals surface area contributed by atoms with Crippen LogP contribution in [0.2, 0.25) is 0 Å². The number of unbranched alkanes of at least 4 members (excludes halogenated alkanes) is 25. The summed E-state index contributed by atoms with van der Waals surface area (Å²) in [6.45, 7) is 6.38. The van der Waals surface area contributed by atoms with Gasteiger partial charge in [-0.3, -0.25) is 14.4 Å². The Balaban J connectivity index is 4.17. The fraction of sp³-hybridized carbons (Fsp3) is 0.703. The molecule has 0 bridgehead atoms. The van der Waals surface area contributed by atoms with Crippen molar-refractivity contribution in [1.29, 1.82) is 0 Å². The quantitative estimate of drug-likeness (QED) is 0.0262. The minimum absolute atomic E-state index is 0.0857. The largest absolute Gasteiger partial charge is 0.462 e. The number of hydrogen-bond donors (Lipinski definition) is 0. The lowest BCUT2D eigenvalue weighted by atomic mass is 10.0. The molecule has 0 aromatic carbocycles. The molecule has 0 aliphatic rings. The van der Waals surface area contributed by atoms with Crippen molar-refractivity contribution in [1.82, 2.24) is 0 Å². The van der Waals surface area contributed by atoms with Gasteiger partial charge in [0.15, 0.2) is 6.10 Å². The van der Waals surface area contributed by atoms with Gasteiger partial charge in [0.1, 0.15) is 13.2 Å². The van der Waals surface area contributed by atoms with Crippen LogP contribution in [0.3, 0.4) is 0 Å². The molecule has 0 radical (unpaired) electrons. The van der Waals surface area contributed by atoms with Crippen molar-refractivity contribution in [2.45, 2.75) is 277 Å². The summed E-state index contributed by atoms with van der Waals surface area (Å²) in [5.41, 5.74) is 0. The molecular weight excluding hydrogens is 865 g/mol. The molecule has 0 aromatic heterocycles. The van der Waals surface area contributed by atoms with E-state index in [2.05, 4.69) is 118 Å². The Labute approximate surface area is 432 Å². The SMILES string of the molecule is CC/C=C\C/C=C\C/C=C\C/C=C\C/C=C\CCCCCCCCCCCCCCCC(=O)OCC(COC(=O)CCCCCCC/C=C\CCC)OC(=O)CCCCCCC/C=C\C/C=C\CCC. The first-order chi connectivity index (χ1) is 34.5. The zero-order valence-corrected chi connectivity index (χ0v) is 45.8. The topological polar surface area (TPSA) is 78.9 Å². The Morgan fingerprint density at radius 3 is 0.900 bits per heavy atom. The fourth-order valence-electron chi connectivity index (χ4n) is 7.92. The van der Waals surface area contributed by atoms with Gasteiger partial charge in [0.05, 0.1) is 0 Å². The van der Waals surface area contributed by atoms with E-state index >= 15 is 0 Å². The molecular formula is C64H108O6. The summed E-state index contributed by atoms with van der Waals surface area (Å²) in [7, 11) is 0. The van der Waals surface area contributed by atoms with Gasteiger partial charge in [-0.05, 0) is 109 Å². The van der Waals surface area contributed by atoms with E-state index < -0.39 is 6.10 Å². The van der Waals surface area contributed by atoms with Crippen LogP contribution < -0.4 is 0 Å². The highest BCUT2D eigenvalue weighted by Crippen LogP contribution is 2.15. The second kappa shape index (κ2) is 57.9. The van der Waals surface area contributed by atoms with E-state index in [1.165, 1.54) is 96.3 Å². The van der Waals surface area contributed by atoms with Crippen LogP contribution in [-0.2, 0) is 28.6 Å². The van der Waals surface area contributed by atoms with Crippen LogP contribution in [-0.4, -0.2) is 37.2 Å². The lowest BCUT2D eigenvalue weighted by molar-refractivity contribution is -0.167. The molecule has 6 nitrogen and oxygen atoms in total. The molecule has 1 unspecified atom stereocenters. The van der Waals surface area contributed by atoms with E-state index in [0.29, 0.717) is 19.3 Å². The van der Waals surface area contributed by atoms with Crippen LogP contribution in [0.15, 0.2) is 97.2 Å². The molecule has 1 atom stereocenters. The van der Waals surface area contributed by atoms with Gasteiger partial charge in [0.2, 0.25) is 0 Å². The van der Waals surface area contributed by atoms with Crippen LogP contribution in [0.25, 0.3) is 0 Å². The smallest absolute Gasteiger partial charge is 0.306 e. The summed E-state index contributed by atoms with van der Waals surface area (Å²) < 4.78 is 16.8. The highest BCUT2D eigenvalue weighted by molar-refractivity contribution is 5.71. The van der Waals surface area contributed by atoms with Gasteiger partial charge in [-0.25, -0.2) is 0 Å². The lowest BCUT2D eigenvalue weighted by Crippen LogP contribution is -2.30. The standard InChI is InChI=1S/C64H108O6/c1-4-7-10-13-16-19-22-24-25-26-27-28-29-30-31-32-33-34-35-36-37-38-39-41-42-45-48-51-54-57-63(66)69-60-61(59-68-62(65)56-53-50-47-44-21-18-15-12-9-6-3)70-64(67)58-55-52-49-46-43-40-23-20-17-14-11-8-5-2/h7,10-12,14-16,19-20,23-25,27-28,30-31,61H,4-6,8-9,13,17-18,21-22,26,29,32-60H2,1-3H3/b10-7-,14-11-,15-12-,19-16-,23-20-,25-24-,28-27-,31-30-. The molecule has 0 saturated carbocycles. The molecule has 0 aliphatic heterocycles. The minimum atomic E-state index is -0.787. The van der Waals surface area contributed by atoms with Crippen molar-refractivity contribution in [3.8, 4) is 0 Å². The van der Waals surface area contributed by atoms with Gasteiger partial charge >= 0.3 is 17.9 Å². The first kappa shape index (κ1) is 66.3. The highest BCUT2D eigenvalue weighted by Gasteiger charge is 2.19. The van der Waals surface area contributed by atoms with Crippen LogP contribution in [0.5, 0.6) is 0 Å². The first-order valence-corrected chi connectivity index (χ1v) is 29.2. The van der Waals surface area contributed by atoms with Crippen molar-refractivity contribution >= 4 is 17.9 Å². The third-order valence-electron chi connectivity index (χ3n) is 12.3. The third-order valence-corrected chi connectivity index (χ3v) is 12.3. The Morgan fingerprint density at radius 2 is 0.557 bits per heavy atom. The number of carbonyl (C=O) groups excluding carboxylic acids is 3. The monoisotopic (exact) mass is 973 g/mol. The van der Waals surface area contributed by atoms with Crippen molar-refractivity contribution < 1.29 is 28.6 Å². The Kier molecular flexibility index (Phi) is 54.9. The highest BCUT2D eigenvalue weighted by atomic mass is 16.6. The Hall–Kier alpha value is -3.67. The average Bonchev–Trinajstić information content (AvgIpc) is 3.36. The second-order valence-corrected chi connectivity index (χ2v) is 19.2. The van der Waals surface area contributed by atoms with E-state index in [9.17, 15) is 14.4 Å². The fourth-order valence-corrected chi connectivity index (χ4v) is 7.92. The van der Waals surface area contributed by atoms with Crippen molar-refractivity contribution in [3.63, 3.8) is 0 Å². The minimum Gasteiger partial charge on any atom is -0.462 e. The van der Waals surface area contributed by atoms with Gasteiger partial charge in [-0.1, -0.05) is 240 Å². The normalized spacial score (nSPS) is 12.8. The van der Waals surface area contributed by atoms with Gasteiger partial charge in [0, 0.05) is 19.3 Å². The molecule has 0 amide bonds. The summed E-state index contributed by atoms with van der Waals surface area (Å²) in [4.78, 5) is 38.0. The molecule has 0 fully saturated rings. The Morgan fingerprint density at radius 1 is 0.300 bits per heavy atom. The van der Waals surface area contributed by atoms with E-state index in [1.54, 1.807) is 0 Å². The second-order valence-electron chi connectivity index (χ2n) is 19.2. The molecule has 400 valence electrons. The van der Waals surface area contributed by atoms with Crippen LogP contribution in [0, 0.1) is 0 Å². The molecule has 6 heteroatoms. The van der Waals surface area contributed by atoms with E-state index in [0.717, 1.165) is 135 Å². The predicted molar refractivity (Wildman–Crippen MR) is 302 cm³/mol. The predicted octanol–water partition coefficient (Wildman–Crippen LogP) is 19.7. The number of hydrogen-bond acceptors (Lipinski definition) is 6. The summed E-state index contributed by atoms with van der Waals surface area (Å²) in [5, 5.41) is 0. The molecule has 0 saturated heterocycles. The van der Waals surface area contributed by atoms with Gasteiger partial charge in [-0.15, -0.1) is 0 Å². The van der Waals surface area contributed by atoms with Gasteiger partial charge < -0.3 is 14.2 Å². The van der Waals surface area contributed by atoms with Crippen LogP contribution >= 0.6 is 0 Å². The van der Waals surface area contributed by atoms with Crippen LogP contribution in [0.1, 0.15) is 271 Å². The number of rotatable bonds is 52. The summed E-state index contributed by atoms with van der Waals surface area (Å²) in [5.74, 6) is -0.910. The van der Waals surface area contributed by atoms with Crippen LogP contribution in [0.4, 0.5) is 0 Å². The average molecular weight is 974 g/mol. The maximum Gasteiger partial charge on any atom is 0.306 e. The maximum absolute atomic E-state index is 12.8. The molecule has 70 heavy (non-hydrogen) atoms. The number of carbonyl (C=O) groups is 3. The van der Waals surface area contributed by atoms with E-state index in [4.69, 9.17) is 14.2 Å². The molecule has 0 N–H and O–H groups in total. The molecule has 0 spiro atoms. The lowest BCUT2D eigenvalue weighted by Gasteiger charge is -2.18. The van der Waals surface area contributed by atoms with Crippen molar-refractivity contribution in [3.05, 3.63) is 97.2 Å². The number of esters is 3. The number of allylic oxidation sites excluding steroid dienone is 16. The van der Waals surface area contributed by atoms with E-state index in [-0.39, 0.29) is 31.1 Å². The third kappa shape index (κ3) is 55.3. The zero-order chi connectivity index (χ0) is 50.7. The van der Waals surface area contributed by atoms with E-state index in [1.807, 2.05) is 0 Å². The van der Waals surface area contributed by atoms with Crippen molar-refractivity contribution in [2.75, 3.05) is 13.2 Å².